The van der Waals surface area contributed by atoms with Crippen LogP contribution in [0.4, 0.5) is 0 Å². The fourth-order valence-corrected chi connectivity index (χ4v) is 5.74. The number of carbonyl (C=O) groups excluding carboxylic acids is 1. The number of amides is 1. The Morgan fingerprint density at radius 3 is 2.83 bits per heavy atom. The molecule has 0 aliphatic carbocycles. The van der Waals surface area contributed by atoms with Crippen LogP contribution in [-0.4, -0.2) is 30.4 Å². The standard InChI is InChI=1S/C17H19ClN2OS2/c18-15-2-1-14(23-15)16-12-6-10-22-13(12)5-9-20(16)17(21)11-3-7-19-8-4-11/h1-2,6,10-11,16,19H,3-5,7-9H2. The van der Waals surface area contributed by atoms with Crippen LogP contribution in [0.2, 0.25) is 4.34 Å². The summed E-state index contributed by atoms with van der Waals surface area (Å²) in [7, 11) is 0. The topological polar surface area (TPSA) is 32.3 Å². The Bertz CT molecular complexity index is 705. The average Bonchev–Trinajstić information content (AvgIpc) is 3.22. The third-order valence-corrected chi connectivity index (χ3v) is 7.08. The molecule has 4 rings (SSSR count). The van der Waals surface area contributed by atoms with Gasteiger partial charge in [0.2, 0.25) is 5.91 Å². The van der Waals surface area contributed by atoms with E-state index in [9.17, 15) is 4.79 Å². The van der Waals surface area contributed by atoms with Crippen LogP contribution >= 0.6 is 34.3 Å². The minimum Gasteiger partial charge on any atom is -0.330 e. The van der Waals surface area contributed by atoms with Crippen molar-refractivity contribution in [3.05, 3.63) is 43.2 Å². The van der Waals surface area contributed by atoms with Gasteiger partial charge in [-0.2, -0.15) is 0 Å². The van der Waals surface area contributed by atoms with Gasteiger partial charge in [-0.3, -0.25) is 4.79 Å². The molecule has 1 fully saturated rings. The maximum Gasteiger partial charge on any atom is 0.226 e. The average molecular weight is 367 g/mol. The number of piperidine rings is 1. The van der Waals surface area contributed by atoms with Crippen molar-refractivity contribution in [2.24, 2.45) is 5.92 Å². The summed E-state index contributed by atoms with van der Waals surface area (Å²) in [5.41, 5.74) is 1.29. The Balaban J connectivity index is 1.68. The van der Waals surface area contributed by atoms with Crippen LogP contribution in [0.3, 0.4) is 0 Å². The molecular formula is C17H19ClN2OS2. The molecule has 0 saturated carbocycles. The normalized spacial score (nSPS) is 22.1. The van der Waals surface area contributed by atoms with E-state index in [2.05, 4.69) is 27.7 Å². The van der Waals surface area contributed by atoms with Gasteiger partial charge < -0.3 is 10.2 Å². The van der Waals surface area contributed by atoms with Gasteiger partial charge in [0.1, 0.15) is 0 Å². The zero-order valence-corrected chi connectivity index (χ0v) is 15.1. The molecule has 2 aromatic heterocycles. The molecular weight excluding hydrogens is 348 g/mol. The molecule has 1 amide bonds. The number of nitrogens with one attached hydrogen (secondary N) is 1. The van der Waals surface area contributed by atoms with Crippen molar-refractivity contribution in [3.8, 4) is 0 Å². The first-order valence-electron chi connectivity index (χ1n) is 8.07. The molecule has 122 valence electrons. The quantitative estimate of drug-likeness (QED) is 0.873. The first kappa shape index (κ1) is 15.6. The lowest BCUT2D eigenvalue weighted by Crippen LogP contribution is -2.45. The molecule has 23 heavy (non-hydrogen) atoms. The van der Waals surface area contributed by atoms with Crippen LogP contribution < -0.4 is 5.32 Å². The van der Waals surface area contributed by atoms with Gasteiger partial charge >= 0.3 is 0 Å². The highest BCUT2D eigenvalue weighted by Gasteiger charge is 2.36. The molecule has 0 bridgehead atoms. The van der Waals surface area contributed by atoms with E-state index in [4.69, 9.17) is 11.6 Å². The second kappa shape index (κ2) is 6.55. The monoisotopic (exact) mass is 366 g/mol. The molecule has 6 heteroatoms. The van der Waals surface area contributed by atoms with Crippen molar-refractivity contribution in [1.82, 2.24) is 10.2 Å². The minimum absolute atomic E-state index is 0.0462. The number of rotatable bonds is 2. The van der Waals surface area contributed by atoms with Crippen LogP contribution in [0.5, 0.6) is 0 Å². The predicted octanol–water partition coefficient (Wildman–Crippen LogP) is 3.94. The van der Waals surface area contributed by atoms with E-state index in [0.29, 0.717) is 5.91 Å². The Morgan fingerprint density at radius 2 is 2.09 bits per heavy atom. The number of hydrogen-bond acceptors (Lipinski definition) is 4. The summed E-state index contributed by atoms with van der Waals surface area (Å²) in [6, 6.07) is 6.24. The Labute approximate surface area is 149 Å². The molecule has 3 nitrogen and oxygen atoms in total. The number of hydrogen-bond donors (Lipinski definition) is 1. The SMILES string of the molecule is O=C(C1CCNCC1)N1CCc2sccc2C1c1ccc(Cl)s1. The van der Waals surface area contributed by atoms with Crippen molar-refractivity contribution in [3.63, 3.8) is 0 Å². The molecule has 0 aromatic carbocycles. The lowest BCUT2D eigenvalue weighted by molar-refractivity contribution is -0.138. The van der Waals surface area contributed by atoms with Crippen molar-refractivity contribution < 1.29 is 4.79 Å². The predicted molar refractivity (Wildman–Crippen MR) is 96.5 cm³/mol. The van der Waals surface area contributed by atoms with Crippen LogP contribution in [0.15, 0.2) is 23.6 Å². The molecule has 2 aliphatic rings. The number of nitrogens with zero attached hydrogens (tertiary/aromatic N) is 1. The van der Waals surface area contributed by atoms with E-state index in [-0.39, 0.29) is 12.0 Å². The van der Waals surface area contributed by atoms with Gasteiger partial charge in [-0.25, -0.2) is 0 Å². The third kappa shape index (κ3) is 2.95. The summed E-state index contributed by atoms with van der Waals surface area (Å²) < 4.78 is 0.789. The number of thiophene rings is 2. The highest BCUT2D eigenvalue weighted by atomic mass is 35.5. The van der Waals surface area contributed by atoms with E-state index >= 15 is 0 Å². The number of fused-ring (bicyclic) bond motifs is 1. The van der Waals surface area contributed by atoms with Crippen LogP contribution in [0.1, 0.15) is 34.2 Å². The number of halogens is 1. The van der Waals surface area contributed by atoms with Gasteiger partial charge in [0.15, 0.2) is 0 Å². The zero-order chi connectivity index (χ0) is 15.8. The molecule has 1 atom stereocenters. The molecule has 1 N–H and O–H groups in total. The van der Waals surface area contributed by atoms with Gasteiger partial charge in [-0.05, 0) is 61.5 Å². The smallest absolute Gasteiger partial charge is 0.226 e. The molecule has 2 aromatic rings. The lowest BCUT2D eigenvalue weighted by Gasteiger charge is -2.38. The third-order valence-electron chi connectivity index (χ3n) is 4.80. The van der Waals surface area contributed by atoms with E-state index in [0.717, 1.165) is 43.2 Å². The van der Waals surface area contributed by atoms with Gasteiger partial charge in [0.25, 0.3) is 0 Å². The van der Waals surface area contributed by atoms with Crippen LogP contribution in [-0.2, 0) is 11.2 Å². The van der Waals surface area contributed by atoms with Gasteiger partial charge in [-0.1, -0.05) is 11.6 Å². The first-order valence-corrected chi connectivity index (χ1v) is 10.1. The fourth-order valence-electron chi connectivity index (χ4n) is 3.64. The maximum atomic E-state index is 13.1. The van der Waals surface area contributed by atoms with Crippen molar-refractivity contribution >= 4 is 40.2 Å². The van der Waals surface area contributed by atoms with E-state index in [1.54, 1.807) is 22.7 Å². The molecule has 0 radical (unpaired) electrons. The second-order valence-electron chi connectivity index (χ2n) is 6.15. The van der Waals surface area contributed by atoms with Gasteiger partial charge in [-0.15, -0.1) is 22.7 Å². The highest BCUT2D eigenvalue weighted by molar-refractivity contribution is 7.16. The van der Waals surface area contributed by atoms with E-state index in [1.807, 2.05) is 6.07 Å². The van der Waals surface area contributed by atoms with Crippen molar-refractivity contribution in [1.29, 1.82) is 0 Å². The summed E-state index contributed by atoms with van der Waals surface area (Å²) in [5.74, 6) is 0.479. The molecule has 1 saturated heterocycles. The largest absolute Gasteiger partial charge is 0.330 e. The Kier molecular flexibility index (Phi) is 4.46. The van der Waals surface area contributed by atoms with Gasteiger partial charge in [0, 0.05) is 22.2 Å². The highest BCUT2D eigenvalue weighted by Crippen LogP contribution is 2.42. The van der Waals surface area contributed by atoms with E-state index < -0.39 is 0 Å². The Hall–Kier alpha value is -0.880. The first-order chi connectivity index (χ1) is 11.2. The minimum atomic E-state index is 0.0462. The summed E-state index contributed by atoms with van der Waals surface area (Å²) >= 11 is 9.56. The summed E-state index contributed by atoms with van der Waals surface area (Å²) in [4.78, 5) is 17.8. The number of carbonyl (C=O) groups is 1. The van der Waals surface area contributed by atoms with Crippen molar-refractivity contribution in [2.45, 2.75) is 25.3 Å². The Morgan fingerprint density at radius 1 is 1.26 bits per heavy atom. The lowest BCUT2D eigenvalue weighted by atomic mass is 9.92. The molecule has 0 spiro atoms. The van der Waals surface area contributed by atoms with Crippen molar-refractivity contribution in [2.75, 3.05) is 19.6 Å². The zero-order valence-electron chi connectivity index (χ0n) is 12.8. The van der Waals surface area contributed by atoms with Crippen LogP contribution in [0, 0.1) is 5.92 Å². The summed E-state index contributed by atoms with van der Waals surface area (Å²) in [6.45, 7) is 2.71. The molecule has 1 unspecified atom stereocenters. The summed E-state index contributed by atoms with van der Waals surface area (Å²) in [5, 5.41) is 5.49. The summed E-state index contributed by atoms with van der Waals surface area (Å²) in [6.07, 6.45) is 2.87. The fraction of sp³-hybridized carbons (Fsp3) is 0.471. The van der Waals surface area contributed by atoms with Crippen LogP contribution in [0.25, 0.3) is 0 Å². The van der Waals surface area contributed by atoms with E-state index in [1.165, 1.54) is 15.3 Å². The molecule has 4 heterocycles. The molecule has 2 aliphatic heterocycles. The second-order valence-corrected chi connectivity index (χ2v) is 8.90. The maximum absolute atomic E-state index is 13.1. The van der Waals surface area contributed by atoms with Gasteiger partial charge in [0.05, 0.1) is 10.4 Å².